The molecule has 168 valence electrons. The largest absolute Gasteiger partial charge is 0.435 e. The van der Waals surface area contributed by atoms with Crippen LogP contribution < -0.4 is 15.4 Å². The molecular formula is C20H23F2N3O5S. The van der Waals surface area contributed by atoms with Gasteiger partial charge in [-0.3, -0.25) is 0 Å². The molecule has 0 radical (unpaired) electrons. The lowest BCUT2D eigenvalue weighted by atomic mass is 10.2. The fourth-order valence-corrected chi connectivity index (χ4v) is 4.38. The Morgan fingerprint density at radius 3 is 2.32 bits per heavy atom. The Kier molecular flexibility index (Phi) is 7.77. The van der Waals surface area contributed by atoms with E-state index in [0.717, 1.165) is 5.56 Å². The number of nitrogens with zero attached hydrogens (tertiary/aromatic N) is 1. The van der Waals surface area contributed by atoms with Crippen molar-refractivity contribution in [1.82, 2.24) is 14.9 Å². The van der Waals surface area contributed by atoms with E-state index < -0.39 is 22.7 Å². The van der Waals surface area contributed by atoms with E-state index in [9.17, 15) is 22.0 Å². The van der Waals surface area contributed by atoms with Crippen molar-refractivity contribution in [3.8, 4) is 5.75 Å². The third-order valence-electron chi connectivity index (χ3n) is 4.56. The number of morpholine rings is 1. The minimum Gasteiger partial charge on any atom is -0.435 e. The number of benzene rings is 2. The molecular weight excluding hydrogens is 432 g/mol. The third kappa shape index (κ3) is 6.61. The topological polar surface area (TPSA) is 97.0 Å². The first-order chi connectivity index (χ1) is 14.8. The zero-order valence-electron chi connectivity index (χ0n) is 16.6. The molecule has 3 rings (SSSR count). The van der Waals surface area contributed by atoms with Gasteiger partial charge in [0.2, 0.25) is 10.0 Å². The highest BCUT2D eigenvalue weighted by atomic mass is 32.2. The first-order valence-corrected chi connectivity index (χ1v) is 11.0. The molecule has 0 atom stereocenters. The van der Waals surface area contributed by atoms with Gasteiger partial charge in [-0.05, 0) is 35.4 Å². The Morgan fingerprint density at radius 1 is 1.03 bits per heavy atom. The average molecular weight is 455 g/mol. The summed E-state index contributed by atoms with van der Waals surface area (Å²) in [6.45, 7) is -1.20. The summed E-state index contributed by atoms with van der Waals surface area (Å²) in [6.07, 6.45) is 0. The highest BCUT2D eigenvalue weighted by Gasteiger charge is 2.26. The first-order valence-electron chi connectivity index (χ1n) is 9.57. The number of amides is 2. The van der Waals surface area contributed by atoms with Gasteiger partial charge >= 0.3 is 12.6 Å². The normalized spacial score (nSPS) is 14.9. The molecule has 2 aromatic rings. The summed E-state index contributed by atoms with van der Waals surface area (Å²) < 4.78 is 60.7. The van der Waals surface area contributed by atoms with Gasteiger partial charge in [0.1, 0.15) is 5.75 Å². The maximum absolute atomic E-state index is 12.6. The second-order valence-corrected chi connectivity index (χ2v) is 8.66. The van der Waals surface area contributed by atoms with Crippen LogP contribution in [0, 0.1) is 0 Å². The molecule has 1 fully saturated rings. The van der Waals surface area contributed by atoms with E-state index in [4.69, 9.17) is 4.74 Å². The van der Waals surface area contributed by atoms with Crippen LogP contribution in [0.2, 0.25) is 0 Å². The van der Waals surface area contributed by atoms with Crippen molar-refractivity contribution in [1.29, 1.82) is 0 Å². The van der Waals surface area contributed by atoms with Crippen LogP contribution in [0.5, 0.6) is 5.75 Å². The zero-order chi connectivity index (χ0) is 22.3. The van der Waals surface area contributed by atoms with Gasteiger partial charge < -0.3 is 20.1 Å². The zero-order valence-corrected chi connectivity index (χ0v) is 17.4. The molecule has 31 heavy (non-hydrogen) atoms. The quantitative estimate of drug-likeness (QED) is 0.637. The van der Waals surface area contributed by atoms with E-state index >= 15 is 0 Å². The van der Waals surface area contributed by atoms with E-state index in [-0.39, 0.29) is 23.7 Å². The fraction of sp³-hybridized carbons (Fsp3) is 0.350. The van der Waals surface area contributed by atoms with E-state index in [2.05, 4.69) is 15.4 Å². The van der Waals surface area contributed by atoms with Gasteiger partial charge in [-0.15, -0.1) is 0 Å². The number of alkyl halides is 2. The molecule has 1 heterocycles. The molecule has 8 nitrogen and oxygen atoms in total. The molecule has 0 unspecified atom stereocenters. The van der Waals surface area contributed by atoms with Gasteiger partial charge in [0, 0.05) is 26.2 Å². The minimum atomic E-state index is -3.56. The SMILES string of the molecule is O=C(NCc1ccc(S(=O)(=O)N2CCOCC2)cc1)NCc1cccc(OC(F)F)c1. The molecule has 0 aromatic heterocycles. The highest BCUT2D eigenvalue weighted by molar-refractivity contribution is 7.89. The number of carbonyl (C=O) groups excluding carboxylic acids is 1. The molecule has 2 aromatic carbocycles. The molecule has 0 saturated carbocycles. The van der Waals surface area contributed by atoms with Gasteiger partial charge in [-0.25, -0.2) is 13.2 Å². The summed E-state index contributed by atoms with van der Waals surface area (Å²) in [7, 11) is -3.56. The molecule has 2 N–H and O–H groups in total. The van der Waals surface area contributed by atoms with Crippen molar-refractivity contribution >= 4 is 16.1 Å². The van der Waals surface area contributed by atoms with E-state index in [1.165, 1.54) is 28.6 Å². The number of sulfonamides is 1. The molecule has 11 heteroatoms. The maximum Gasteiger partial charge on any atom is 0.387 e. The summed E-state index contributed by atoms with van der Waals surface area (Å²) in [4.78, 5) is 12.2. The van der Waals surface area contributed by atoms with Gasteiger partial charge in [-0.2, -0.15) is 13.1 Å². The van der Waals surface area contributed by atoms with Crippen molar-refractivity contribution in [2.75, 3.05) is 26.3 Å². The minimum absolute atomic E-state index is 0.0156. The van der Waals surface area contributed by atoms with E-state index in [1.54, 1.807) is 24.3 Å². The number of hydrogen-bond donors (Lipinski definition) is 2. The molecule has 0 spiro atoms. The smallest absolute Gasteiger partial charge is 0.387 e. The molecule has 0 bridgehead atoms. The molecule has 1 saturated heterocycles. The Bertz CT molecular complexity index is 981. The summed E-state index contributed by atoms with van der Waals surface area (Å²) in [5.41, 5.74) is 1.33. The number of carbonyl (C=O) groups is 1. The van der Waals surface area contributed by atoms with Crippen molar-refractivity contribution in [2.24, 2.45) is 0 Å². The van der Waals surface area contributed by atoms with Crippen LogP contribution >= 0.6 is 0 Å². The number of halogens is 2. The fourth-order valence-electron chi connectivity index (χ4n) is 2.97. The maximum atomic E-state index is 12.6. The molecule has 2 amide bonds. The summed E-state index contributed by atoms with van der Waals surface area (Å²) in [6, 6.07) is 11.9. The van der Waals surface area contributed by atoms with Crippen molar-refractivity contribution in [2.45, 2.75) is 24.6 Å². The Labute approximate surface area is 179 Å². The van der Waals surface area contributed by atoms with Gasteiger partial charge in [0.15, 0.2) is 0 Å². The first kappa shape index (κ1) is 22.9. The lowest BCUT2D eigenvalue weighted by Gasteiger charge is -2.26. The second-order valence-electron chi connectivity index (χ2n) is 6.72. The van der Waals surface area contributed by atoms with Crippen molar-refractivity contribution in [3.05, 3.63) is 59.7 Å². The lowest BCUT2D eigenvalue weighted by Crippen LogP contribution is -2.40. The monoisotopic (exact) mass is 455 g/mol. The molecule has 0 aliphatic carbocycles. The van der Waals surface area contributed by atoms with Crippen molar-refractivity contribution in [3.63, 3.8) is 0 Å². The third-order valence-corrected chi connectivity index (χ3v) is 6.47. The summed E-state index contributed by atoms with van der Waals surface area (Å²) >= 11 is 0. The molecule has 1 aliphatic heterocycles. The number of urea groups is 1. The van der Waals surface area contributed by atoms with E-state index in [1.807, 2.05) is 0 Å². The summed E-state index contributed by atoms with van der Waals surface area (Å²) in [5.74, 6) is 0.0156. The average Bonchev–Trinajstić information content (AvgIpc) is 2.77. The second kappa shape index (κ2) is 10.5. The van der Waals surface area contributed by atoms with Crippen LogP contribution in [0.4, 0.5) is 13.6 Å². The van der Waals surface area contributed by atoms with Crippen molar-refractivity contribution < 1.29 is 31.5 Å². The number of hydrogen-bond acceptors (Lipinski definition) is 5. The van der Waals surface area contributed by atoms with Crippen LogP contribution in [-0.4, -0.2) is 51.7 Å². The number of ether oxygens (including phenoxy) is 2. The highest BCUT2D eigenvalue weighted by Crippen LogP contribution is 2.18. The molecule has 1 aliphatic rings. The Balaban J connectivity index is 1.48. The Morgan fingerprint density at radius 2 is 1.68 bits per heavy atom. The number of nitrogens with one attached hydrogen (secondary N) is 2. The van der Waals surface area contributed by atoms with Gasteiger partial charge in [0.25, 0.3) is 0 Å². The van der Waals surface area contributed by atoms with E-state index in [0.29, 0.717) is 31.9 Å². The predicted octanol–water partition coefficient (Wildman–Crippen LogP) is 2.31. The predicted molar refractivity (Wildman–Crippen MR) is 108 cm³/mol. The number of rotatable bonds is 8. The van der Waals surface area contributed by atoms with Crippen LogP contribution in [0.25, 0.3) is 0 Å². The van der Waals surface area contributed by atoms with Crippen LogP contribution in [-0.2, 0) is 27.8 Å². The van der Waals surface area contributed by atoms with Gasteiger partial charge in [0.05, 0.1) is 18.1 Å². The Hall–Kier alpha value is -2.76. The van der Waals surface area contributed by atoms with Gasteiger partial charge in [-0.1, -0.05) is 24.3 Å². The lowest BCUT2D eigenvalue weighted by molar-refractivity contribution is -0.0498. The standard InChI is InChI=1S/C20H23F2N3O5S/c21-19(22)30-17-3-1-2-16(12-17)14-24-20(26)23-13-15-4-6-18(7-5-15)31(27,28)25-8-10-29-11-9-25/h1-7,12,19H,8-11,13-14H2,(H2,23,24,26). The van der Waals surface area contributed by atoms with Crippen LogP contribution in [0.15, 0.2) is 53.4 Å². The summed E-state index contributed by atoms with van der Waals surface area (Å²) in [5, 5.41) is 5.28. The van der Waals surface area contributed by atoms with Crippen LogP contribution in [0.3, 0.4) is 0 Å². The van der Waals surface area contributed by atoms with Crippen LogP contribution in [0.1, 0.15) is 11.1 Å².